The van der Waals surface area contributed by atoms with Gasteiger partial charge in [-0.15, -0.1) is 0 Å². The smallest absolute Gasteiger partial charge is 0.356 e. The zero-order chi connectivity index (χ0) is 13.1. The Balaban J connectivity index is 2.54. The van der Waals surface area contributed by atoms with Gasteiger partial charge in [-0.05, 0) is 12.1 Å². The third kappa shape index (κ3) is 2.10. The Kier molecular flexibility index (Phi) is 3.13. The number of ether oxygens (including phenoxy) is 2. The second-order valence-corrected chi connectivity index (χ2v) is 3.41. The van der Waals surface area contributed by atoms with Gasteiger partial charge in [-0.25, -0.2) is 9.78 Å². The van der Waals surface area contributed by atoms with Gasteiger partial charge in [0.15, 0.2) is 11.5 Å². The van der Waals surface area contributed by atoms with Gasteiger partial charge < -0.3 is 15.2 Å². The fourth-order valence-electron chi connectivity index (χ4n) is 1.50. The number of aromatic nitrogens is 3. The molecule has 0 amide bonds. The molecule has 0 spiro atoms. The largest absolute Gasteiger partial charge is 0.493 e. The van der Waals surface area contributed by atoms with Crippen molar-refractivity contribution >= 4 is 5.95 Å². The zero-order valence-corrected chi connectivity index (χ0v) is 9.95. The van der Waals surface area contributed by atoms with E-state index in [1.165, 1.54) is 25.1 Å². The van der Waals surface area contributed by atoms with Gasteiger partial charge in [0.1, 0.15) is 6.33 Å². The van der Waals surface area contributed by atoms with Gasteiger partial charge in [-0.1, -0.05) is 0 Å². The lowest BCUT2D eigenvalue weighted by molar-refractivity contribution is 0.355. The summed E-state index contributed by atoms with van der Waals surface area (Å²) in [6, 6.07) is 5.04. The van der Waals surface area contributed by atoms with Crippen LogP contribution in [0.25, 0.3) is 5.69 Å². The van der Waals surface area contributed by atoms with Gasteiger partial charge in [0.25, 0.3) is 0 Å². The van der Waals surface area contributed by atoms with E-state index in [4.69, 9.17) is 15.2 Å². The third-order valence-electron chi connectivity index (χ3n) is 2.37. The third-order valence-corrected chi connectivity index (χ3v) is 2.37. The van der Waals surface area contributed by atoms with Gasteiger partial charge in [0.2, 0.25) is 5.95 Å². The van der Waals surface area contributed by atoms with Gasteiger partial charge in [-0.3, -0.25) is 4.57 Å². The van der Waals surface area contributed by atoms with Crippen molar-refractivity contribution in [2.24, 2.45) is 0 Å². The van der Waals surface area contributed by atoms with Crippen molar-refractivity contribution in [3.8, 4) is 17.2 Å². The maximum atomic E-state index is 11.7. The van der Waals surface area contributed by atoms with E-state index >= 15 is 0 Å². The van der Waals surface area contributed by atoms with Crippen LogP contribution >= 0.6 is 0 Å². The molecule has 0 fully saturated rings. The van der Waals surface area contributed by atoms with Crippen molar-refractivity contribution in [3.05, 3.63) is 35.0 Å². The molecule has 0 radical (unpaired) electrons. The van der Waals surface area contributed by atoms with E-state index in [-0.39, 0.29) is 5.95 Å². The molecule has 94 valence electrons. The first-order chi connectivity index (χ1) is 8.65. The van der Waals surface area contributed by atoms with Crippen LogP contribution in [0, 0.1) is 0 Å². The lowest BCUT2D eigenvalue weighted by Crippen LogP contribution is -2.23. The highest BCUT2D eigenvalue weighted by atomic mass is 16.5. The molecule has 1 heterocycles. The first kappa shape index (κ1) is 11.9. The molecular weight excluding hydrogens is 236 g/mol. The van der Waals surface area contributed by atoms with Gasteiger partial charge in [-0.2, -0.15) is 4.98 Å². The van der Waals surface area contributed by atoms with Crippen molar-refractivity contribution in [3.63, 3.8) is 0 Å². The normalized spacial score (nSPS) is 10.1. The van der Waals surface area contributed by atoms with E-state index in [1.54, 1.807) is 18.2 Å². The molecule has 7 heteroatoms. The second kappa shape index (κ2) is 4.74. The average molecular weight is 248 g/mol. The first-order valence-electron chi connectivity index (χ1n) is 5.09. The summed E-state index contributed by atoms with van der Waals surface area (Å²) >= 11 is 0. The van der Waals surface area contributed by atoms with Crippen molar-refractivity contribution in [1.82, 2.24) is 14.5 Å². The van der Waals surface area contributed by atoms with Crippen LogP contribution in [-0.4, -0.2) is 28.8 Å². The van der Waals surface area contributed by atoms with E-state index in [0.29, 0.717) is 17.2 Å². The maximum absolute atomic E-state index is 11.7. The predicted molar refractivity (Wildman–Crippen MR) is 65.1 cm³/mol. The van der Waals surface area contributed by atoms with Crippen LogP contribution in [0.15, 0.2) is 29.3 Å². The number of hydrogen-bond acceptors (Lipinski definition) is 6. The minimum Gasteiger partial charge on any atom is -0.493 e. The Hall–Kier alpha value is -2.57. The summed E-state index contributed by atoms with van der Waals surface area (Å²) in [5, 5.41) is 0. The molecule has 18 heavy (non-hydrogen) atoms. The molecule has 0 unspecified atom stereocenters. The number of rotatable bonds is 3. The molecule has 2 N–H and O–H groups in total. The molecule has 1 aromatic carbocycles. The molecule has 0 aliphatic heterocycles. The maximum Gasteiger partial charge on any atom is 0.356 e. The minimum atomic E-state index is -0.505. The summed E-state index contributed by atoms with van der Waals surface area (Å²) in [4.78, 5) is 19.0. The fourth-order valence-corrected chi connectivity index (χ4v) is 1.50. The van der Waals surface area contributed by atoms with Crippen molar-refractivity contribution < 1.29 is 9.47 Å². The standard InChI is InChI=1S/C11H12N4O3/c1-17-8-4-3-7(5-9(8)18-2)15-6-13-10(12)14-11(15)16/h3-6H,1-2H3,(H2,12,14,16). The van der Waals surface area contributed by atoms with E-state index in [1.807, 2.05) is 0 Å². The summed E-state index contributed by atoms with van der Waals surface area (Å²) in [7, 11) is 3.06. The van der Waals surface area contributed by atoms with E-state index < -0.39 is 5.69 Å². The quantitative estimate of drug-likeness (QED) is 0.835. The summed E-state index contributed by atoms with van der Waals surface area (Å²) in [5.41, 5.74) is 5.39. The minimum absolute atomic E-state index is 0.0586. The molecule has 0 aliphatic rings. The summed E-state index contributed by atoms with van der Waals surface area (Å²) in [5.74, 6) is 1.03. The predicted octanol–water partition coefficient (Wildman–Crippen LogP) is 0.227. The Morgan fingerprint density at radius 1 is 1.22 bits per heavy atom. The molecule has 7 nitrogen and oxygen atoms in total. The van der Waals surface area contributed by atoms with Crippen LogP contribution in [0.5, 0.6) is 11.5 Å². The van der Waals surface area contributed by atoms with Crippen LogP contribution < -0.4 is 20.9 Å². The molecule has 0 saturated carbocycles. The van der Waals surface area contributed by atoms with Gasteiger partial charge in [0, 0.05) is 6.07 Å². The molecule has 0 atom stereocenters. The first-order valence-corrected chi connectivity index (χ1v) is 5.09. The van der Waals surface area contributed by atoms with E-state index in [2.05, 4.69) is 9.97 Å². The van der Waals surface area contributed by atoms with Crippen LogP contribution in [0.2, 0.25) is 0 Å². The van der Waals surface area contributed by atoms with Crippen molar-refractivity contribution in [2.45, 2.75) is 0 Å². The average Bonchev–Trinajstić information content (AvgIpc) is 2.38. The lowest BCUT2D eigenvalue weighted by Gasteiger charge is -2.10. The van der Waals surface area contributed by atoms with Gasteiger partial charge in [0.05, 0.1) is 19.9 Å². The number of nitrogen functional groups attached to an aromatic ring is 1. The zero-order valence-electron chi connectivity index (χ0n) is 9.95. The molecule has 0 saturated heterocycles. The molecule has 0 aliphatic carbocycles. The highest BCUT2D eigenvalue weighted by Crippen LogP contribution is 2.28. The van der Waals surface area contributed by atoms with Crippen LogP contribution in [0.3, 0.4) is 0 Å². The molecule has 2 rings (SSSR count). The second-order valence-electron chi connectivity index (χ2n) is 3.41. The Morgan fingerprint density at radius 2 is 1.94 bits per heavy atom. The molecule has 0 bridgehead atoms. The molecule has 1 aromatic heterocycles. The Bertz CT molecular complexity index is 624. The highest BCUT2D eigenvalue weighted by Gasteiger charge is 2.07. The number of nitrogens with zero attached hydrogens (tertiary/aromatic N) is 3. The highest BCUT2D eigenvalue weighted by molar-refractivity contribution is 5.48. The number of methoxy groups -OCH3 is 2. The van der Waals surface area contributed by atoms with Crippen LogP contribution in [-0.2, 0) is 0 Å². The summed E-state index contributed by atoms with van der Waals surface area (Å²) < 4.78 is 11.5. The summed E-state index contributed by atoms with van der Waals surface area (Å²) in [6.07, 6.45) is 1.31. The molecular formula is C11H12N4O3. The summed E-state index contributed by atoms with van der Waals surface area (Å²) in [6.45, 7) is 0. The van der Waals surface area contributed by atoms with Crippen LogP contribution in [0.1, 0.15) is 0 Å². The van der Waals surface area contributed by atoms with Crippen LogP contribution in [0.4, 0.5) is 5.95 Å². The monoisotopic (exact) mass is 248 g/mol. The Morgan fingerprint density at radius 3 is 2.56 bits per heavy atom. The van der Waals surface area contributed by atoms with Crippen molar-refractivity contribution in [1.29, 1.82) is 0 Å². The fraction of sp³-hybridized carbons (Fsp3) is 0.182. The molecule has 2 aromatic rings. The Labute approximate surface area is 103 Å². The number of anilines is 1. The lowest BCUT2D eigenvalue weighted by atomic mass is 10.2. The topological polar surface area (TPSA) is 92.3 Å². The number of hydrogen-bond donors (Lipinski definition) is 1. The van der Waals surface area contributed by atoms with Crippen molar-refractivity contribution in [2.75, 3.05) is 20.0 Å². The number of benzene rings is 1. The SMILES string of the molecule is COc1ccc(-n2cnc(N)nc2=O)cc1OC. The number of nitrogens with two attached hydrogens (primary N) is 1. The van der Waals surface area contributed by atoms with Gasteiger partial charge >= 0.3 is 5.69 Å². The van der Waals surface area contributed by atoms with E-state index in [9.17, 15) is 4.79 Å². The van der Waals surface area contributed by atoms with E-state index in [0.717, 1.165) is 0 Å².